The molecule has 2 aliphatic rings. The monoisotopic (exact) mass is 498 g/mol. The van der Waals surface area contributed by atoms with Crippen LogP contribution in [0.15, 0.2) is 58.5 Å². The van der Waals surface area contributed by atoms with E-state index < -0.39 is 0 Å². The molecule has 2 aromatic heterocycles. The van der Waals surface area contributed by atoms with Crippen LogP contribution in [0.25, 0.3) is 0 Å². The number of hydrogen-bond acceptors (Lipinski definition) is 6. The molecule has 9 heteroatoms. The van der Waals surface area contributed by atoms with Crippen molar-refractivity contribution < 1.29 is 27.9 Å². The molecule has 2 atom stereocenters. The number of halogens is 1. The van der Waals surface area contributed by atoms with Crippen LogP contribution in [-0.4, -0.2) is 60.6 Å². The van der Waals surface area contributed by atoms with E-state index in [4.69, 9.17) is 13.9 Å². The summed E-state index contributed by atoms with van der Waals surface area (Å²) in [5.74, 6) is -0.281. The Bertz CT molecular complexity index is 1160. The van der Waals surface area contributed by atoms with E-state index in [9.17, 15) is 14.0 Å². The molecule has 1 fully saturated rings. The number of ether oxygens (including phenoxy) is 2. The summed E-state index contributed by atoms with van der Waals surface area (Å²) in [5.41, 5.74) is 1.04. The van der Waals surface area contributed by atoms with Crippen molar-refractivity contribution >= 4 is 23.2 Å². The lowest BCUT2D eigenvalue weighted by Crippen LogP contribution is -2.49. The number of carbonyl (C=O) groups is 2. The molecule has 0 saturated carbocycles. The van der Waals surface area contributed by atoms with Crippen LogP contribution in [0, 0.1) is 5.82 Å². The predicted octanol–water partition coefficient (Wildman–Crippen LogP) is 4.31. The first kappa shape index (κ1) is 23.6. The van der Waals surface area contributed by atoms with Gasteiger partial charge in [-0.2, -0.15) is 0 Å². The molecule has 35 heavy (non-hydrogen) atoms. The standard InChI is InChI=1S/C26H27FN2O5S/c27-18-4-1-5-19(14-18)34-17-22-21-9-13-35-24(21)8-10-29(22)25(30)16-28(15-20-6-2-11-32-20)26(31)23-7-3-12-33-23/h1,3-5,7,9,12-14,20,22H,2,6,8,10-11,15-17H2. The van der Waals surface area contributed by atoms with Gasteiger partial charge in [0.1, 0.15) is 24.7 Å². The van der Waals surface area contributed by atoms with Crippen molar-refractivity contribution in [2.24, 2.45) is 0 Å². The largest absolute Gasteiger partial charge is 0.491 e. The Balaban J connectivity index is 1.34. The van der Waals surface area contributed by atoms with E-state index in [-0.39, 0.29) is 48.7 Å². The van der Waals surface area contributed by atoms with Crippen molar-refractivity contribution in [2.75, 3.05) is 32.8 Å². The maximum atomic E-state index is 13.6. The second-order valence-corrected chi connectivity index (χ2v) is 9.72. The minimum Gasteiger partial charge on any atom is -0.491 e. The third-order valence-electron chi connectivity index (χ3n) is 6.41. The molecular formula is C26H27FN2O5S. The summed E-state index contributed by atoms with van der Waals surface area (Å²) in [5, 5.41) is 2.01. The highest BCUT2D eigenvalue weighted by Crippen LogP contribution is 2.34. The Morgan fingerprint density at radius 1 is 1.23 bits per heavy atom. The molecule has 5 rings (SSSR count). The highest BCUT2D eigenvalue weighted by atomic mass is 32.1. The topological polar surface area (TPSA) is 72.2 Å². The molecule has 0 bridgehead atoms. The van der Waals surface area contributed by atoms with Crippen LogP contribution in [0.5, 0.6) is 5.75 Å². The molecule has 1 aromatic carbocycles. The molecule has 2 unspecified atom stereocenters. The summed E-state index contributed by atoms with van der Waals surface area (Å²) in [4.78, 5) is 31.3. The van der Waals surface area contributed by atoms with Gasteiger partial charge in [-0.05, 0) is 60.5 Å². The number of thiophene rings is 1. The molecular weight excluding hydrogens is 471 g/mol. The molecule has 1 saturated heterocycles. The third kappa shape index (κ3) is 5.41. The van der Waals surface area contributed by atoms with E-state index in [1.54, 1.807) is 40.5 Å². The Hall–Kier alpha value is -3.17. The van der Waals surface area contributed by atoms with Gasteiger partial charge in [0, 0.05) is 30.6 Å². The van der Waals surface area contributed by atoms with E-state index in [2.05, 4.69) is 0 Å². The molecule has 184 valence electrons. The Labute approximate surface area is 207 Å². The van der Waals surface area contributed by atoms with Gasteiger partial charge in [0.25, 0.3) is 5.91 Å². The Morgan fingerprint density at radius 2 is 2.14 bits per heavy atom. The molecule has 2 amide bonds. The summed E-state index contributed by atoms with van der Waals surface area (Å²) in [6.07, 6.45) is 3.88. The zero-order valence-corrected chi connectivity index (χ0v) is 20.0. The SMILES string of the molecule is O=C(c1ccco1)N(CC(=O)N1CCc2sccc2C1COc1cccc(F)c1)CC1CCCO1. The first-order valence-corrected chi connectivity index (χ1v) is 12.6. The van der Waals surface area contributed by atoms with Crippen molar-refractivity contribution in [1.82, 2.24) is 9.80 Å². The van der Waals surface area contributed by atoms with Crippen LogP contribution in [0.1, 0.15) is 39.9 Å². The molecule has 0 spiro atoms. The normalized spacial score (nSPS) is 19.4. The van der Waals surface area contributed by atoms with Crippen molar-refractivity contribution in [1.29, 1.82) is 0 Å². The maximum Gasteiger partial charge on any atom is 0.290 e. The number of amides is 2. The molecule has 0 N–H and O–H groups in total. The molecule has 4 heterocycles. The van der Waals surface area contributed by atoms with Gasteiger partial charge in [-0.3, -0.25) is 9.59 Å². The second-order valence-electron chi connectivity index (χ2n) is 8.72. The van der Waals surface area contributed by atoms with Crippen LogP contribution >= 0.6 is 11.3 Å². The van der Waals surface area contributed by atoms with Gasteiger partial charge in [0.2, 0.25) is 5.91 Å². The van der Waals surface area contributed by atoms with Crippen molar-refractivity contribution in [2.45, 2.75) is 31.4 Å². The quantitative estimate of drug-likeness (QED) is 0.463. The van der Waals surface area contributed by atoms with E-state index >= 15 is 0 Å². The fourth-order valence-electron chi connectivity index (χ4n) is 4.67. The lowest BCUT2D eigenvalue weighted by atomic mass is 10.0. The summed E-state index contributed by atoms with van der Waals surface area (Å²) in [7, 11) is 0. The zero-order valence-electron chi connectivity index (χ0n) is 19.2. The Morgan fingerprint density at radius 3 is 2.91 bits per heavy atom. The lowest BCUT2D eigenvalue weighted by Gasteiger charge is -2.37. The maximum absolute atomic E-state index is 13.6. The zero-order chi connectivity index (χ0) is 24.2. The van der Waals surface area contributed by atoms with Crippen LogP contribution in [0.3, 0.4) is 0 Å². The smallest absolute Gasteiger partial charge is 0.290 e. The average Bonchev–Trinajstić information content (AvgIpc) is 3.64. The number of nitrogens with zero attached hydrogens (tertiary/aromatic N) is 2. The van der Waals surface area contributed by atoms with Gasteiger partial charge in [-0.1, -0.05) is 6.07 Å². The van der Waals surface area contributed by atoms with Gasteiger partial charge in [-0.15, -0.1) is 11.3 Å². The summed E-state index contributed by atoms with van der Waals surface area (Å²) in [6, 6.07) is 10.9. The molecule has 3 aromatic rings. The van der Waals surface area contributed by atoms with Gasteiger partial charge in [0.15, 0.2) is 5.76 Å². The summed E-state index contributed by atoms with van der Waals surface area (Å²) >= 11 is 1.66. The summed E-state index contributed by atoms with van der Waals surface area (Å²) in [6.45, 7) is 1.61. The number of hydrogen-bond donors (Lipinski definition) is 0. The highest BCUT2D eigenvalue weighted by Gasteiger charge is 2.35. The van der Waals surface area contributed by atoms with Crippen LogP contribution in [-0.2, 0) is 16.0 Å². The molecule has 7 nitrogen and oxygen atoms in total. The van der Waals surface area contributed by atoms with Crippen molar-refractivity contribution in [3.63, 3.8) is 0 Å². The van der Waals surface area contributed by atoms with Crippen LogP contribution < -0.4 is 4.74 Å². The third-order valence-corrected chi connectivity index (χ3v) is 7.41. The second kappa shape index (κ2) is 10.6. The highest BCUT2D eigenvalue weighted by molar-refractivity contribution is 7.10. The number of rotatable bonds is 8. The van der Waals surface area contributed by atoms with E-state index in [0.29, 0.717) is 25.4 Å². The van der Waals surface area contributed by atoms with E-state index in [0.717, 1.165) is 24.8 Å². The minimum absolute atomic E-state index is 0.0880. The van der Waals surface area contributed by atoms with Gasteiger partial charge in [0.05, 0.1) is 18.4 Å². The van der Waals surface area contributed by atoms with Gasteiger partial charge < -0.3 is 23.7 Å². The van der Waals surface area contributed by atoms with Crippen molar-refractivity contribution in [3.8, 4) is 5.75 Å². The average molecular weight is 499 g/mol. The lowest BCUT2D eigenvalue weighted by molar-refractivity contribution is -0.135. The van der Waals surface area contributed by atoms with Crippen LogP contribution in [0.2, 0.25) is 0 Å². The predicted molar refractivity (Wildman–Crippen MR) is 128 cm³/mol. The van der Waals surface area contributed by atoms with E-state index in [1.165, 1.54) is 28.2 Å². The van der Waals surface area contributed by atoms with E-state index in [1.807, 2.05) is 11.4 Å². The number of furan rings is 1. The molecule has 2 aliphatic heterocycles. The molecule has 0 radical (unpaired) electrons. The summed E-state index contributed by atoms with van der Waals surface area (Å²) < 4.78 is 30.6. The van der Waals surface area contributed by atoms with Gasteiger partial charge in [-0.25, -0.2) is 4.39 Å². The fourth-order valence-corrected chi connectivity index (χ4v) is 5.60. The number of fused-ring (bicyclic) bond motifs is 1. The van der Waals surface area contributed by atoms with Gasteiger partial charge >= 0.3 is 0 Å². The number of benzene rings is 1. The first-order valence-electron chi connectivity index (χ1n) is 11.8. The van der Waals surface area contributed by atoms with Crippen molar-refractivity contribution in [3.05, 3.63) is 76.1 Å². The minimum atomic E-state index is -0.378. The molecule has 0 aliphatic carbocycles. The first-order chi connectivity index (χ1) is 17.1. The van der Waals surface area contributed by atoms with Crippen LogP contribution in [0.4, 0.5) is 4.39 Å². The number of carbonyl (C=O) groups excluding carboxylic acids is 2. The Kier molecular flexibility index (Phi) is 7.15. The fraction of sp³-hybridized carbons (Fsp3) is 0.385.